The van der Waals surface area contributed by atoms with Crippen molar-refractivity contribution in [3.05, 3.63) is 41.5 Å². The minimum absolute atomic E-state index is 0.237. The van der Waals surface area contributed by atoms with Crippen LogP contribution in [0.3, 0.4) is 0 Å². The van der Waals surface area contributed by atoms with E-state index in [2.05, 4.69) is 10.1 Å². The van der Waals surface area contributed by atoms with Gasteiger partial charge in [-0.15, -0.1) is 0 Å². The molecule has 1 heterocycles. The summed E-state index contributed by atoms with van der Waals surface area (Å²) in [6, 6.07) is 6.69. The normalized spacial score (nSPS) is 10.4. The number of hydrogen-bond donors (Lipinski definition) is 0. The quantitative estimate of drug-likeness (QED) is 0.637. The van der Waals surface area contributed by atoms with Gasteiger partial charge in [-0.3, -0.25) is 4.79 Å². The van der Waals surface area contributed by atoms with Crippen molar-refractivity contribution in [3.8, 4) is 5.69 Å². The number of carbonyl (C=O) groups is 2. The third-order valence-corrected chi connectivity index (χ3v) is 2.88. The summed E-state index contributed by atoms with van der Waals surface area (Å²) in [5.74, 6) is 0.308. The highest BCUT2D eigenvalue weighted by Crippen LogP contribution is 2.12. The fourth-order valence-electron chi connectivity index (χ4n) is 1.92. The first-order chi connectivity index (χ1) is 10.0. The minimum Gasteiger partial charge on any atom is -0.389 e. The summed E-state index contributed by atoms with van der Waals surface area (Å²) in [6.45, 7) is 5.52. The molecule has 6 heteroatoms. The molecule has 0 aliphatic rings. The van der Waals surface area contributed by atoms with E-state index < -0.39 is 11.9 Å². The summed E-state index contributed by atoms with van der Waals surface area (Å²) in [5.41, 5.74) is 1.13. The van der Waals surface area contributed by atoms with Crippen LogP contribution < -0.4 is 0 Å². The number of ether oxygens (including phenoxy) is 1. The molecule has 0 fully saturated rings. The maximum absolute atomic E-state index is 11.8. The van der Waals surface area contributed by atoms with Gasteiger partial charge in [-0.1, -0.05) is 6.92 Å². The largest absolute Gasteiger partial charge is 0.389 e. The third-order valence-electron chi connectivity index (χ3n) is 2.88. The first-order valence-electron chi connectivity index (χ1n) is 6.77. The Morgan fingerprint density at radius 2 is 1.86 bits per heavy atom. The lowest BCUT2D eigenvalue weighted by atomic mass is 10.2. The van der Waals surface area contributed by atoms with Crippen molar-refractivity contribution in [1.82, 2.24) is 14.8 Å². The van der Waals surface area contributed by atoms with Crippen molar-refractivity contribution in [1.29, 1.82) is 0 Å². The molecule has 110 valence electrons. The van der Waals surface area contributed by atoms with Gasteiger partial charge in [0.05, 0.1) is 11.3 Å². The molecule has 2 aromatic rings. The topological polar surface area (TPSA) is 74.1 Å². The van der Waals surface area contributed by atoms with E-state index in [-0.39, 0.29) is 6.42 Å². The van der Waals surface area contributed by atoms with E-state index >= 15 is 0 Å². The number of benzene rings is 1. The Morgan fingerprint density at radius 3 is 2.38 bits per heavy atom. The van der Waals surface area contributed by atoms with Crippen molar-refractivity contribution in [3.63, 3.8) is 0 Å². The lowest BCUT2D eigenvalue weighted by molar-refractivity contribution is -0.137. The molecule has 0 amide bonds. The molecule has 0 N–H and O–H groups in total. The van der Waals surface area contributed by atoms with Crippen molar-refractivity contribution >= 4 is 11.9 Å². The maximum Gasteiger partial charge on any atom is 0.345 e. The summed E-state index contributed by atoms with van der Waals surface area (Å²) in [4.78, 5) is 27.3. The molecule has 0 saturated heterocycles. The summed E-state index contributed by atoms with van der Waals surface area (Å²) in [7, 11) is 0. The fraction of sp³-hybridized carbons (Fsp3) is 0.333. The molecule has 6 nitrogen and oxygen atoms in total. The Kier molecular flexibility index (Phi) is 4.47. The highest BCUT2D eigenvalue weighted by molar-refractivity contribution is 5.96. The average molecular weight is 287 g/mol. The Morgan fingerprint density at radius 1 is 1.19 bits per heavy atom. The highest BCUT2D eigenvalue weighted by Gasteiger charge is 2.13. The molecule has 0 bridgehead atoms. The van der Waals surface area contributed by atoms with Gasteiger partial charge in [-0.05, 0) is 44.5 Å². The van der Waals surface area contributed by atoms with Gasteiger partial charge in [0.1, 0.15) is 11.6 Å². The van der Waals surface area contributed by atoms with Crippen LogP contribution in [0.4, 0.5) is 0 Å². The predicted molar refractivity (Wildman–Crippen MR) is 76.2 cm³/mol. The number of carbonyl (C=O) groups excluding carboxylic acids is 2. The minimum atomic E-state index is -0.633. The maximum atomic E-state index is 11.8. The Balaban J connectivity index is 2.14. The molecule has 1 aromatic heterocycles. The lowest BCUT2D eigenvalue weighted by Gasteiger charge is -2.05. The van der Waals surface area contributed by atoms with Crippen LogP contribution in [-0.4, -0.2) is 26.7 Å². The second kappa shape index (κ2) is 6.30. The average Bonchev–Trinajstić information content (AvgIpc) is 2.78. The zero-order valence-corrected chi connectivity index (χ0v) is 12.3. The second-order valence-electron chi connectivity index (χ2n) is 4.68. The molecule has 0 radical (unpaired) electrons. The Labute approximate surface area is 122 Å². The Bertz CT molecular complexity index is 659. The number of aryl methyl sites for hydroxylation is 2. The van der Waals surface area contributed by atoms with Crippen molar-refractivity contribution in [2.75, 3.05) is 0 Å². The second-order valence-corrected chi connectivity index (χ2v) is 4.68. The van der Waals surface area contributed by atoms with E-state index in [1.807, 2.05) is 20.8 Å². The van der Waals surface area contributed by atoms with Crippen LogP contribution in [0.1, 0.15) is 41.8 Å². The smallest absolute Gasteiger partial charge is 0.345 e. The zero-order valence-electron chi connectivity index (χ0n) is 12.3. The van der Waals surface area contributed by atoms with E-state index in [4.69, 9.17) is 4.74 Å². The van der Waals surface area contributed by atoms with Gasteiger partial charge in [0.2, 0.25) is 0 Å². The summed E-state index contributed by atoms with van der Waals surface area (Å²) < 4.78 is 6.42. The fourth-order valence-corrected chi connectivity index (χ4v) is 1.92. The molecule has 0 unspecified atom stereocenters. The standard InChI is InChI=1S/C15H17N3O3/c1-4-5-14(19)21-15(20)12-6-8-13(9-7-12)18-11(3)16-10(2)17-18/h6-9H,4-5H2,1-3H3. The molecule has 1 aromatic carbocycles. The van der Waals surface area contributed by atoms with Crippen molar-refractivity contribution < 1.29 is 14.3 Å². The SMILES string of the molecule is CCCC(=O)OC(=O)c1ccc(-n2nc(C)nc2C)cc1. The predicted octanol–water partition coefficient (Wildman–Crippen LogP) is 2.37. The lowest BCUT2D eigenvalue weighted by Crippen LogP contribution is -2.12. The Hall–Kier alpha value is -2.50. The number of hydrogen-bond acceptors (Lipinski definition) is 5. The molecule has 0 aliphatic carbocycles. The summed E-state index contributed by atoms with van der Waals surface area (Å²) >= 11 is 0. The molecular weight excluding hydrogens is 270 g/mol. The molecular formula is C15H17N3O3. The van der Waals surface area contributed by atoms with Crippen LogP contribution in [0.15, 0.2) is 24.3 Å². The van der Waals surface area contributed by atoms with Crippen LogP contribution in [0, 0.1) is 13.8 Å². The van der Waals surface area contributed by atoms with Gasteiger partial charge < -0.3 is 4.74 Å². The summed E-state index contributed by atoms with van der Waals surface area (Å²) in [6.07, 6.45) is 0.886. The molecule has 0 atom stereocenters. The van der Waals surface area contributed by atoms with Gasteiger partial charge in [0, 0.05) is 6.42 Å². The van der Waals surface area contributed by atoms with Gasteiger partial charge in [-0.2, -0.15) is 5.10 Å². The molecule has 2 rings (SSSR count). The van der Waals surface area contributed by atoms with Crippen molar-refractivity contribution in [2.45, 2.75) is 33.6 Å². The van der Waals surface area contributed by atoms with Crippen LogP contribution in [0.5, 0.6) is 0 Å². The molecule has 21 heavy (non-hydrogen) atoms. The summed E-state index contributed by atoms with van der Waals surface area (Å²) in [5, 5.41) is 4.26. The number of esters is 2. The third kappa shape index (κ3) is 3.53. The van der Waals surface area contributed by atoms with E-state index in [0.29, 0.717) is 17.8 Å². The van der Waals surface area contributed by atoms with Crippen LogP contribution >= 0.6 is 0 Å². The van der Waals surface area contributed by atoms with E-state index in [9.17, 15) is 9.59 Å². The van der Waals surface area contributed by atoms with Gasteiger partial charge >= 0.3 is 11.9 Å². The zero-order chi connectivity index (χ0) is 15.4. The van der Waals surface area contributed by atoms with Crippen molar-refractivity contribution in [2.24, 2.45) is 0 Å². The van der Waals surface area contributed by atoms with Gasteiger partial charge in [0.25, 0.3) is 0 Å². The van der Waals surface area contributed by atoms with E-state index in [0.717, 1.165) is 11.5 Å². The van der Waals surface area contributed by atoms with Gasteiger partial charge in [0.15, 0.2) is 0 Å². The van der Waals surface area contributed by atoms with Crippen LogP contribution in [-0.2, 0) is 9.53 Å². The van der Waals surface area contributed by atoms with Gasteiger partial charge in [-0.25, -0.2) is 14.5 Å². The molecule has 0 spiro atoms. The van der Waals surface area contributed by atoms with Crippen LogP contribution in [0.25, 0.3) is 5.69 Å². The monoisotopic (exact) mass is 287 g/mol. The number of nitrogens with zero attached hydrogens (tertiary/aromatic N) is 3. The van der Waals surface area contributed by atoms with E-state index in [1.54, 1.807) is 28.9 Å². The first kappa shape index (κ1) is 14.9. The number of aromatic nitrogens is 3. The number of rotatable bonds is 4. The first-order valence-corrected chi connectivity index (χ1v) is 6.77. The van der Waals surface area contributed by atoms with Crippen LogP contribution in [0.2, 0.25) is 0 Å². The highest BCUT2D eigenvalue weighted by atomic mass is 16.6. The molecule has 0 saturated carbocycles. The van der Waals surface area contributed by atoms with E-state index in [1.165, 1.54) is 0 Å². The molecule has 0 aliphatic heterocycles.